The molecule has 9 nitrogen and oxygen atoms in total. The van der Waals surface area contributed by atoms with Crippen LogP contribution in [0.4, 0.5) is 4.39 Å². The molecule has 2 N–H and O–H groups in total. The Labute approximate surface area is 384 Å². The van der Waals surface area contributed by atoms with Crippen molar-refractivity contribution in [3.63, 3.8) is 0 Å². The van der Waals surface area contributed by atoms with E-state index in [2.05, 4.69) is 37.1 Å². The number of halogens is 1. The second-order valence-electron chi connectivity index (χ2n) is 19.1. The van der Waals surface area contributed by atoms with Crippen molar-refractivity contribution >= 4 is 23.4 Å². The van der Waals surface area contributed by atoms with Gasteiger partial charge in [0.2, 0.25) is 11.7 Å². The first-order valence-electron chi connectivity index (χ1n) is 23.6. The van der Waals surface area contributed by atoms with Crippen molar-refractivity contribution < 1.29 is 38.4 Å². The number of carbonyl (C=O) groups is 1. The lowest BCUT2D eigenvalue weighted by Crippen LogP contribution is -2.70. The Kier molecular flexibility index (Phi) is 16.3. The number of benzene rings is 3. The third-order valence-corrected chi connectivity index (χ3v) is 14.3. The highest BCUT2D eigenvalue weighted by Gasteiger charge is 2.65. The molecule has 0 unspecified atom stereocenters. The molecule has 1 heterocycles. The van der Waals surface area contributed by atoms with Gasteiger partial charge in [-0.25, -0.2) is 4.39 Å². The molecule has 6 atom stereocenters. The van der Waals surface area contributed by atoms with E-state index in [9.17, 15) is 14.6 Å². The van der Waals surface area contributed by atoms with Crippen LogP contribution in [0, 0.1) is 29.5 Å². The van der Waals surface area contributed by atoms with Crippen molar-refractivity contribution in [1.82, 2.24) is 4.90 Å². The minimum atomic E-state index is -1.40. The molecule has 2 fully saturated rings. The van der Waals surface area contributed by atoms with Crippen LogP contribution in [0.15, 0.2) is 101 Å². The van der Waals surface area contributed by atoms with Gasteiger partial charge in [-0.2, -0.15) is 0 Å². The largest absolute Gasteiger partial charge is 0.459 e. The maximum Gasteiger partial charge on any atom is 0.239 e. The molecule has 1 amide bonds. The van der Waals surface area contributed by atoms with Crippen LogP contribution >= 0.6 is 11.8 Å². The van der Waals surface area contributed by atoms with Crippen molar-refractivity contribution in [3.05, 3.63) is 108 Å². The average molecular weight is 897 g/mol. The van der Waals surface area contributed by atoms with Crippen LogP contribution in [0.1, 0.15) is 121 Å². The fourth-order valence-electron chi connectivity index (χ4n) is 10.6. The zero-order valence-corrected chi connectivity index (χ0v) is 39.1. The van der Waals surface area contributed by atoms with Gasteiger partial charge in [0.15, 0.2) is 0 Å². The van der Waals surface area contributed by atoms with E-state index in [4.69, 9.17) is 24.2 Å². The first-order valence-corrected chi connectivity index (χ1v) is 24.8. The van der Waals surface area contributed by atoms with E-state index in [1.165, 1.54) is 25.0 Å². The number of rotatable bonds is 21. The topological polar surface area (TPSA) is 110 Å². The van der Waals surface area contributed by atoms with Crippen LogP contribution in [0.3, 0.4) is 0 Å². The van der Waals surface area contributed by atoms with Crippen LogP contribution in [-0.2, 0) is 20.9 Å². The first kappa shape index (κ1) is 47.8. The van der Waals surface area contributed by atoms with Crippen LogP contribution in [0.25, 0.3) is 0 Å². The molecule has 0 bridgehead atoms. The number of carbonyl (C=O) groups excluding carboxylic acids is 1. The molecule has 64 heavy (non-hydrogen) atoms. The molecule has 2 saturated carbocycles. The standard InChI is InChI=1S/C53H69FN2O7S/c1-6-31-60-53-48(56(35-37-17-20-39(54)21-18-37)49(59)28-19-36-13-7-8-14-36)34-46(55-63-52(2,3)4)44-32-38(15-9-11-29-57)43(16-10-12-30-58)50(51(44)53)45-33-41(24-27-47(45)62-53)61-40-22-25-42(64-5)26-23-40/h6,17-18,20-27,32-33,36,38,43,48,50-51,57-58H,1,7-16,19,28-31,34-35H2,2-5H3/t38-,43+,48-,50+,51+,53+/m0/s1. The van der Waals surface area contributed by atoms with E-state index >= 15 is 4.79 Å². The number of fused-ring (bicyclic) bond motifs is 2. The van der Waals surface area contributed by atoms with Gasteiger partial charge in [0, 0.05) is 49.0 Å². The van der Waals surface area contributed by atoms with Gasteiger partial charge in [-0.3, -0.25) is 4.79 Å². The number of hydrogen-bond donors (Lipinski definition) is 2. The van der Waals surface area contributed by atoms with Gasteiger partial charge < -0.3 is 34.2 Å². The molecular weight excluding hydrogens is 828 g/mol. The number of unbranched alkanes of at least 4 members (excludes halogenated alkanes) is 2. The van der Waals surface area contributed by atoms with E-state index in [-0.39, 0.29) is 55.8 Å². The Morgan fingerprint density at radius 3 is 2.34 bits per heavy atom. The number of aliphatic hydroxyl groups excluding tert-OH is 2. The van der Waals surface area contributed by atoms with Crippen LogP contribution in [-0.4, -0.2) is 70.2 Å². The summed E-state index contributed by atoms with van der Waals surface area (Å²) in [6.45, 7) is 10.6. The molecular formula is C53H69FN2O7S. The number of oxime groups is 1. The Morgan fingerprint density at radius 1 is 0.969 bits per heavy atom. The van der Waals surface area contributed by atoms with E-state index in [0.29, 0.717) is 43.1 Å². The Morgan fingerprint density at radius 2 is 1.67 bits per heavy atom. The third kappa shape index (κ3) is 11.3. The quantitative estimate of drug-likeness (QED) is 0.0471. The molecule has 3 aromatic carbocycles. The van der Waals surface area contributed by atoms with Crippen molar-refractivity contribution in [2.75, 3.05) is 26.1 Å². The highest BCUT2D eigenvalue weighted by atomic mass is 32.2. The molecule has 0 saturated heterocycles. The fraction of sp³-hybridized carbons (Fsp3) is 0.547. The van der Waals surface area contributed by atoms with Gasteiger partial charge in [0.05, 0.1) is 18.2 Å². The van der Waals surface area contributed by atoms with Gasteiger partial charge in [-0.15, -0.1) is 18.3 Å². The predicted octanol–water partition coefficient (Wildman–Crippen LogP) is 11.8. The van der Waals surface area contributed by atoms with Gasteiger partial charge >= 0.3 is 0 Å². The number of allylic oxidation sites excluding steroid dienone is 1. The Balaban J connectivity index is 1.44. The van der Waals surface area contributed by atoms with E-state index in [1.54, 1.807) is 30.0 Å². The monoisotopic (exact) mass is 896 g/mol. The van der Waals surface area contributed by atoms with E-state index in [1.807, 2.05) is 49.9 Å². The van der Waals surface area contributed by atoms with E-state index < -0.39 is 23.3 Å². The minimum Gasteiger partial charge on any atom is -0.459 e. The second-order valence-corrected chi connectivity index (χ2v) is 20.0. The number of amides is 1. The smallest absolute Gasteiger partial charge is 0.239 e. The van der Waals surface area contributed by atoms with Gasteiger partial charge in [0.1, 0.15) is 34.7 Å². The summed E-state index contributed by atoms with van der Waals surface area (Å²) in [6, 6.07) is 19.8. The number of thioether (sulfide) groups is 1. The molecule has 1 aliphatic heterocycles. The van der Waals surface area contributed by atoms with Crippen molar-refractivity contribution in [3.8, 4) is 17.2 Å². The van der Waals surface area contributed by atoms with Crippen molar-refractivity contribution in [2.45, 2.75) is 139 Å². The highest BCUT2D eigenvalue weighted by molar-refractivity contribution is 7.98. The molecule has 4 aliphatic rings. The lowest BCUT2D eigenvalue weighted by atomic mass is 9.55. The summed E-state index contributed by atoms with van der Waals surface area (Å²) in [4.78, 5) is 24.5. The number of nitrogens with zero attached hydrogens (tertiary/aromatic N) is 2. The molecule has 7 rings (SSSR count). The molecule has 346 valence electrons. The summed E-state index contributed by atoms with van der Waals surface area (Å²) in [7, 11) is 0. The SMILES string of the molecule is C=CCO[C@@]12Oc3ccc(Oc4ccc(SC)cc4)cc3[C@H]3[C@H](CCCCO)[C@@H](CCCCO)C=C(C(=NOC(C)(C)C)C[C@@H]1N(Cc1ccc(F)cc1)C(=O)CCC1CCCC1)[C@H]32. The summed E-state index contributed by atoms with van der Waals surface area (Å²) in [6.07, 6.45) is 16.9. The molecule has 0 spiro atoms. The van der Waals surface area contributed by atoms with Crippen LogP contribution in [0.2, 0.25) is 0 Å². The van der Waals surface area contributed by atoms with Crippen LogP contribution in [0.5, 0.6) is 17.2 Å². The molecule has 3 aromatic rings. The zero-order valence-electron chi connectivity index (χ0n) is 38.3. The molecule has 11 heteroatoms. The molecule has 0 radical (unpaired) electrons. The lowest BCUT2D eigenvalue weighted by Gasteiger charge is -2.60. The van der Waals surface area contributed by atoms with Gasteiger partial charge in [0.25, 0.3) is 0 Å². The Hall–Kier alpha value is -4.16. The number of hydrogen-bond acceptors (Lipinski definition) is 9. The van der Waals surface area contributed by atoms with Crippen LogP contribution < -0.4 is 9.47 Å². The normalized spacial score (nSPS) is 24.6. The van der Waals surface area contributed by atoms with Crippen molar-refractivity contribution in [1.29, 1.82) is 0 Å². The Bertz CT molecular complexity index is 2080. The maximum absolute atomic E-state index is 15.1. The summed E-state index contributed by atoms with van der Waals surface area (Å²) in [5, 5.41) is 25.0. The lowest BCUT2D eigenvalue weighted by molar-refractivity contribution is -0.258. The summed E-state index contributed by atoms with van der Waals surface area (Å²) in [5.74, 6) is 0.326. The molecule has 3 aliphatic carbocycles. The summed E-state index contributed by atoms with van der Waals surface area (Å²) in [5.41, 5.74) is 2.91. The highest BCUT2D eigenvalue weighted by Crippen LogP contribution is 2.62. The predicted molar refractivity (Wildman–Crippen MR) is 252 cm³/mol. The minimum absolute atomic E-state index is 0.00862. The van der Waals surface area contributed by atoms with E-state index in [0.717, 1.165) is 78.0 Å². The molecule has 0 aromatic heterocycles. The zero-order chi connectivity index (χ0) is 45.3. The van der Waals surface area contributed by atoms with Gasteiger partial charge in [-0.1, -0.05) is 68.0 Å². The fourth-order valence-corrected chi connectivity index (χ4v) is 11.0. The van der Waals surface area contributed by atoms with Gasteiger partial charge in [-0.05, 0) is 143 Å². The summed E-state index contributed by atoms with van der Waals surface area (Å²) >= 11 is 1.68. The first-order chi connectivity index (χ1) is 31.0. The van der Waals surface area contributed by atoms with Crippen molar-refractivity contribution in [2.24, 2.45) is 28.8 Å². The average Bonchev–Trinajstić information content (AvgIpc) is 3.82. The maximum atomic E-state index is 15.1. The summed E-state index contributed by atoms with van der Waals surface area (Å²) < 4.78 is 35.7. The third-order valence-electron chi connectivity index (χ3n) is 13.6. The number of aliphatic hydroxyl groups is 2. The number of ether oxygens (including phenoxy) is 3. The second kappa shape index (κ2) is 21.9.